The highest BCUT2D eigenvalue weighted by atomic mass is 31.2. The highest BCUT2D eigenvalue weighted by molar-refractivity contribution is 7.63. The first kappa shape index (κ1) is 41.2. The molecule has 248 valence electrons. The molecule has 0 unspecified atom stereocenters. The average molecular weight is 597 g/mol. The Morgan fingerprint density at radius 1 is 0.293 bits per heavy atom. The Morgan fingerprint density at radius 3 is 0.659 bits per heavy atom. The SMILES string of the molecule is CC(C)CCCCCCCCCCP(=O)(CCCCCCCCCCC(C)C)CCCCCCCCCCC(C)C. The van der Waals surface area contributed by atoms with E-state index in [1.165, 1.54) is 173 Å². The van der Waals surface area contributed by atoms with Gasteiger partial charge in [0.25, 0.3) is 0 Å². The topological polar surface area (TPSA) is 17.1 Å². The summed E-state index contributed by atoms with van der Waals surface area (Å²) >= 11 is 0. The van der Waals surface area contributed by atoms with Gasteiger partial charge >= 0.3 is 0 Å². The standard InChI is InChI=1S/C39H81OP/c1-37(2)31-25-19-13-7-10-16-22-28-34-41(40,35-29-23-17-11-8-14-20-26-32-38(3)4)36-30-24-18-12-9-15-21-27-33-39(5)6/h37-39H,7-36H2,1-6H3. The predicted octanol–water partition coefficient (Wildman–Crippen LogP) is 14.9. The van der Waals surface area contributed by atoms with Gasteiger partial charge in [-0.3, -0.25) is 0 Å². The molecule has 0 aliphatic carbocycles. The van der Waals surface area contributed by atoms with Crippen molar-refractivity contribution in [3.05, 3.63) is 0 Å². The summed E-state index contributed by atoms with van der Waals surface area (Å²) in [4.78, 5) is 0. The maximum absolute atomic E-state index is 14.0. The van der Waals surface area contributed by atoms with Crippen LogP contribution in [0.25, 0.3) is 0 Å². The average Bonchev–Trinajstić information content (AvgIpc) is 2.91. The summed E-state index contributed by atoms with van der Waals surface area (Å²) in [5.41, 5.74) is 0. The van der Waals surface area contributed by atoms with Crippen LogP contribution in [0.15, 0.2) is 0 Å². The molecule has 0 atom stereocenters. The second-order valence-electron chi connectivity index (χ2n) is 15.3. The molecule has 0 rings (SSSR count). The van der Waals surface area contributed by atoms with Crippen LogP contribution >= 0.6 is 7.14 Å². The molecule has 0 fully saturated rings. The van der Waals surface area contributed by atoms with E-state index in [0.717, 1.165) is 36.2 Å². The fraction of sp³-hybridized carbons (Fsp3) is 1.00. The summed E-state index contributed by atoms with van der Waals surface area (Å²) in [6, 6.07) is 0. The van der Waals surface area contributed by atoms with Crippen molar-refractivity contribution < 1.29 is 4.57 Å². The Balaban J connectivity index is 4.12. The lowest BCUT2D eigenvalue weighted by molar-refractivity contribution is 0.506. The van der Waals surface area contributed by atoms with Crippen LogP contribution in [0.1, 0.15) is 215 Å². The number of hydrogen-bond acceptors (Lipinski definition) is 1. The molecule has 0 spiro atoms. The van der Waals surface area contributed by atoms with Crippen molar-refractivity contribution in [3.8, 4) is 0 Å². The lowest BCUT2D eigenvalue weighted by Crippen LogP contribution is -2.02. The molecule has 0 N–H and O–H groups in total. The Kier molecular flexibility index (Phi) is 30.4. The lowest BCUT2D eigenvalue weighted by atomic mass is 10.0. The van der Waals surface area contributed by atoms with Crippen LogP contribution in [0.3, 0.4) is 0 Å². The van der Waals surface area contributed by atoms with Gasteiger partial charge < -0.3 is 4.57 Å². The first-order chi connectivity index (χ1) is 19.7. The summed E-state index contributed by atoms with van der Waals surface area (Å²) in [5.74, 6) is 2.58. The maximum Gasteiger partial charge on any atom is 0.0877 e. The summed E-state index contributed by atoms with van der Waals surface area (Å²) in [5, 5.41) is 0. The summed E-state index contributed by atoms with van der Waals surface area (Å²) < 4.78 is 14.0. The number of hydrogen-bond donors (Lipinski definition) is 0. The molecule has 2 heteroatoms. The van der Waals surface area contributed by atoms with Crippen molar-refractivity contribution >= 4 is 7.14 Å². The van der Waals surface area contributed by atoms with Crippen molar-refractivity contribution in [2.45, 2.75) is 215 Å². The molecule has 0 amide bonds. The third kappa shape index (κ3) is 33.0. The van der Waals surface area contributed by atoms with Gasteiger partial charge in [0.15, 0.2) is 0 Å². The van der Waals surface area contributed by atoms with Gasteiger partial charge in [-0.05, 0) is 37.0 Å². The fourth-order valence-electron chi connectivity index (χ4n) is 6.38. The largest absolute Gasteiger partial charge is 0.324 e. The third-order valence-electron chi connectivity index (χ3n) is 9.29. The lowest BCUT2D eigenvalue weighted by Gasteiger charge is -2.19. The van der Waals surface area contributed by atoms with Crippen molar-refractivity contribution in [3.63, 3.8) is 0 Å². The number of rotatable bonds is 33. The molecular weight excluding hydrogens is 515 g/mol. The van der Waals surface area contributed by atoms with Gasteiger partial charge in [-0.2, -0.15) is 0 Å². The minimum Gasteiger partial charge on any atom is -0.324 e. The highest BCUT2D eigenvalue weighted by Gasteiger charge is 2.20. The Bertz CT molecular complexity index is 476. The van der Waals surface area contributed by atoms with Crippen molar-refractivity contribution in [2.75, 3.05) is 18.5 Å². The molecule has 1 nitrogen and oxygen atoms in total. The molecule has 0 bridgehead atoms. The molecule has 0 aromatic rings. The summed E-state index contributed by atoms with van der Waals surface area (Å²) in [7, 11) is -1.96. The van der Waals surface area contributed by atoms with Gasteiger partial charge in [0.05, 0.1) is 7.14 Å². The monoisotopic (exact) mass is 597 g/mol. The van der Waals surface area contributed by atoms with E-state index in [1.807, 2.05) is 0 Å². The first-order valence-corrected chi connectivity index (χ1v) is 21.6. The molecule has 0 aromatic heterocycles. The van der Waals surface area contributed by atoms with E-state index in [2.05, 4.69) is 41.5 Å². The van der Waals surface area contributed by atoms with Crippen molar-refractivity contribution in [1.29, 1.82) is 0 Å². The summed E-state index contributed by atoms with van der Waals surface area (Å²) in [6.45, 7) is 14.0. The molecular formula is C39H81OP. The Morgan fingerprint density at radius 2 is 0.463 bits per heavy atom. The van der Waals surface area contributed by atoms with Crippen LogP contribution in [0.4, 0.5) is 0 Å². The quantitative estimate of drug-likeness (QED) is 0.0544. The predicted molar refractivity (Wildman–Crippen MR) is 191 cm³/mol. The van der Waals surface area contributed by atoms with Crippen molar-refractivity contribution in [2.24, 2.45) is 17.8 Å². The molecule has 0 heterocycles. The Hall–Kier alpha value is 0.230. The van der Waals surface area contributed by atoms with E-state index in [-0.39, 0.29) is 0 Å². The molecule has 0 saturated heterocycles. The molecule has 41 heavy (non-hydrogen) atoms. The molecule has 0 radical (unpaired) electrons. The van der Waals surface area contributed by atoms with E-state index >= 15 is 0 Å². The van der Waals surface area contributed by atoms with Crippen LogP contribution in [-0.2, 0) is 4.57 Å². The van der Waals surface area contributed by atoms with Crippen LogP contribution in [0.5, 0.6) is 0 Å². The second kappa shape index (κ2) is 30.3. The zero-order valence-electron chi connectivity index (χ0n) is 29.8. The van der Waals surface area contributed by atoms with E-state index in [9.17, 15) is 4.57 Å². The normalized spacial score (nSPS) is 12.4. The van der Waals surface area contributed by atoms with Crippen LogP contribution in [0, 0.1) is 17.8 Å². The van der Waals surface area contributed by atoms with Crippen molar-refractivity contribution in [1.82, 2.24) is 0 Å². The van der Waals surface area contributed by atoms with Gasteiger partial charge in [-0.1, -0.05) is 196 Å². The molecule has 0 aromatic carbocycles. The van der Waals surface area contributed by atoms with E-state index in [0.29, 0.717) is 0 Å². The minimum absolute atomic E-state index is 0.861. The van der Waals surface area contributed by atoms with E-state index in [1.54, 1.807) is 0 Å². The molecule has 0 saturated carbocycles. The van der Waals surface area contributed by atoms with Gasteiger partial charge in [0.2, 0.25) is 0 Å². The fourth-order valence-corrected chi connectivity index (χ4v) is 9.45. The van der Waals surface area contributed by atoms with Gasteiger partial charge in [-0.25, -0.2) is 0 Å². The van der Waals surface area contributed by atoms with Crippen LogP contribution in [0.2, 0.25) is 0 Å². The van der Waals surface area contributed by atoms with E-state index in [4.69, 9.17) is 0 Å². The second-order valence-corrected chi connectivity index (χ2v) is 18.7. The zero-order valence-corrected chi connectivity index (χ0v) is 30.7. The zero-order chi connectivity index (χ0) is 30.4. The number of unbranched alkanes of at least 4 members (excludes halogenated alkanes) is 21. The van der Waals surface area contributed by atoms with Gasteiger partial charge in [-0.15, -0.1) is 0 Å². The Labute approximate surface area is 262 Å². The third-order valence-corrected chi connectivity index (χ3v) is 12.7. The summed E-state index contributed by atoms with van der Waals surface area (Å²) in [6.07, 6.45) is 40.1. The minimum atomic E-state index is -1.96. The van der Waals surface area contributed by atoms with Gasteiger partial charge in [0, 0.05) is 18.5 Å². The smallest absolute Gasteiger partial charge is 0.0877 e. The maximum atomic E-state index is 14.0. The van der Waals surface area contributed by atoms with Crippen LogP contribution < -0.4 is 0 Å². The first-order valence-electron chi connectivity index (χ1n) is 19.3. The van der Waals surface area contributed by atoms with Gasteiger partial charge in [0.1, 0.15) is 0 Å². The van der Waals surface area contributed by atoms with Crippen LogP contribution in [-0.4, -0.2) is 18.5 Å². The highest BCUT2D eigenvalue weighted by Crippen LogP contribution is 2.48. The molecule has 0 aliphatic heterocycles. The van der Waals surface area contributed by atoms with E-state index < -0.39 is 7.14 Å². The molecule has 0 aliphatic rings.